The molecule has 0 saturated heterocycles. The van der Waals surface area contributed by atoms with Crippen LogP contribution in [0.25, 0.3) is 0 Å². The van der Waals surface area contributed by atoms with Crippen molar-refractivity contribution in [3.8, 4) is 0 Å². The first-order valence-corrected chi connectivity index (χ1v) is 10.5. The van der Waals surface area contributed by atoms with Gasteiger partial charge >= 0.3 is 5.97 Å². The van der Waals surface area contributed by atoms with Crippen molar-refractivity contribution < 1.29 is 18.7 Å². The molecule has 2 aromatic heterocycles. The van der Waals surface area contributed by atoms with E-state index in [1.165, 1.54) is 0 Å². The summed E-state index contributed by atoms with van der Waals surface area (Å²) in [4.78, 5) is 24.4. The lowest BCUT2D eigenvalue weighted by Gasteiger charge is -2.06. The van der Waals surface area contributed by atoms with Gasteiger partial charge in [0, 0.05) is 5.69 Å². The normalized spacial score (nSPS) is 10.8. The predicted molar refractivity (Wildman–Crippen MR) is 117 cm³/mol. The number of halogens is 1. The van der Waals surface area contributed by atoms with Crippen LogP contribution in [-0.4, -0.2) is 28.3 Å². The summed E-state index contributed by atoms with van der Waals surface area (Å²) in [7, 11) is 0. The minimum absolute atomic E-state index is 0.202. The zero-order chi connectivity index (χ0) is 21.7. The van der Waals surface area contributed by atoms with Crippen molar-refractivity contribution in [3.05, 3.63) is 69.3 Å². The summed E-state index contributed by atoms with van der Waals surface area (Å²) in [6.07, 6.45) is 1.80. The average Bonchev–Trinajstić information content (AvgIpc) is 3.30. The van der Waals surface area contributed by atoms with E-state index in [0.717, 1.165) is 28.7 Å². The van der Waals surface area contributed by atoms with Crippen molar-refractivity contribution in [2.75, 3.05) is 11.9 Å². The number of nitrogens with one attached hydrogen (secondary N) is 1. The van der Waals surface area contributed by atoms with E-state index in [0.29, 0.717) is 30.2 Å². The molecule has 1 N–H and O–H groups in total. The SMILES string of the molecule is CCCCOC(=O)c1ccc(NC(=O)c2ccc(Cn3nc(C)c(Br)c3C)o2)cc1. The van der Waals surface area contributed by atoms with Crippen LogP contribution < -0.4 is 5.32 Å². The van der Waals surface area contributed by atoms with Crippen LogP contribution in [0.1, 0.15) is 57.8 Å². The molecule has 0 aliphatic heterocycles. The van der Waals surface area contributed by atoms with Crippen LogP contribution in [0, 0.1) is 13.8 Å². The Labute approximate surface area is 183 Å². The second kappa shape index (κ2) is 9.75. The second-order valence-corrected chi connectivity index (χ2v) is 7.72. The monoisotopic (exact) mass is 473 g/mol. The highest BCUT2D eigenvalue weighted by molar-refractivity contribution is 9.10. The Balaban J connectivity index is 1.60. The Bertz CT molecular complexity index is 1040. The number of benzene rings is 1. The van der Waals surface area contributed by atoms with E-state index in [-0.39, 0.29) is 17.6 Å². The number of anilines is 1. The number of aromatic nitrogens is 2. The number of carbonyl (C=O) groups excluding carboxylic acids is 2. The first-order valence-electron chi connectivity index (χ1n) is 9.75. The first kappa shape index (κ1) is 21.8. The van der Waals surface area contributed by atoms with Crippen LogP contribution >= 0.6 is 15.9 Å². The molecule has 3 aromatic rings. The molecule has 2 heterocycles. The maximum atomic E-state index is 12.5. The number of carbonyl (C=O) groups is 2. The summed E-state index contributed by atoms with van der Waals surface area (Å²) in [5.41, 5.74) is 2.89. The highest BCUT2D eigenvalue weighted by Gasteiger charge is 2.15. The van der Waals surface area contributed by atoms with Gasteiger partial charge in [-0.15, -0.1) is 0 Å². The fourth-order valence-corrected chi connectivity index (χ4v) is 3.12. The smallest absolute Gasteiger partial charge is 0.338 e. The number of amides is 1. The first-order chi connectivity index (χ1) is 14.4. The summed E-state index contributed by atoms with van der Waals surface area (Å²) in [5, 5.41) is 7.21. The highest BCUT2D eigenvalue weighted by atomic mass is 79.9. The summed E-state index contributed by atoms with van der Waals surface area (Å²) in [6.45, 7) is 6.75. The van der Waals surface area contributed by atoms with E-state index in [1.54, 1.807) is 36.4 Å². The lowest BCUT2D eigenvalue weighted by atomic mass is 10.2. The van der Waals surface area contributed by atoms with Crippen LogP contribution in [0.4, 0.5) is 5.69 Å². The van der Waals surface area contributed by atoms with Crippen molar-refractivity contribution in [1.82, 2.24) is 9.78 Å². The molecule has 1 aromatic carbocycles. The molecule has 0 unspecified atom stereocenters. The zero-order valence-electron chi connectivity index (χ0n) is 17.2. The van der Waals surface area contributed by atoms with E-state index in [4.69, 9.17) is 9.15 Å². The van der Waals surface area contributed by atoms with Gasteiger partial charge in [-0.3, -0.25) is 9.48 Å². The fraction of sp³-hybridized carbons (Fsp3) is 0.318. The van der Waals surface area contributed by atoms with Gasteiger partial charge in [-0.1, -0.05) is 13.3 Å². The number of ether oxygens (including phenoxy) is 1. The quantitative estimate of drug-likeness (QED) is 0.362. The van der Waals surface area contributed by atoms with Crippen molar-refractivity contribution in [2.24, 2.45) is 0 Å². The Morgan fingerprint density at radius 2 is 1.90 bits per heavy atom. The number of hydrogen-bond donors (Lipinski definition) is 1. The lowest BCUT2D eigenvalue weighted by Crippen LogP contribution is -2.11. The van der Waals surface area contributed by atoms with Crippen LogP contribution in [-0.2, 0) is 11.3 Å². The Morgan fingerprint density at radius 3 is 2.53 bits per heavy atom. The molecule has 0 fully saturated rings. The van der Waals surface area contributed by atoms with Crippen molar-refractivity contribution in [3.63, 3.8) is 0 Å². The van der Waals surface area contributed by atoms with Crippen molar-refractivity contribution in [1.29, 1.82) is 0 Å². The minimum atomic E-state index is -0.368. The molecule has 1 amide bonds. The summed E-state index contributed by atoms with van der Waals surface area (Å²) in [5.74, 6) is 0.0962. The van der Waals surface area contributed by atoms with Gasteiger partial charge in [-0.2, -0.15) is 5.10 Å². The van der Waals surface area contributed by atoms with Crippen LogP contribution in [0.3, 0.4) is 0 Å². The van der Waals surface area contributed by atoms with Crippen molar-refractivity contribution in [2.45, 2.75) is 40.2 Å². The van der Waals surface area contributed by atoms with Gasteiger partial charge in [0.15, 0.2) is 5.76 Å². The molecule has 0 saturated carbocycles. The molecule has 0 aliphatic carbocycles. The fourth-order valence-electron chi connectivity index (χ4n) is 2.84. The molecular formula is C22H24BrN3O4. The number of aryl methyl sites for hydroxylation is 1. The molecule has 0 aliphatic rings. The van der Waals surface area contributed by atoms with Gasteiger partial charge in [-0.05, 0) is 72.6 Å². The van der Waals surface area contributed by atoms with Crippen molar-refractivity contribution >= 4 is 33.5 Å². The topological polar surface area (TPSA) is 86.4 Å². The average molecular weight is 474 g/mol. The molecule has 30 heavy (non-hydrogen) atoms. The van der Waals surface area contributed by atoms with Crippen LogP contribution in [0.2, 0.25) is 0 Å². The number of hydrogen-bond acceptors (Lipinski definition) is 5. The Morgan fingerprint density at radius 1 is 1.17 bits per heavy atom. The van der Waals surface area contributed by atoms with Gasteiger partial charge in [0.2, 0.25) is 0 Å². The molecule has 0 spiro atoms. The second-order valence-electron chi connectivity index (χ2n) is 6.93. The summed E-state index contributed by atoms with van der Waals surface area (Å²) in [6, 6.07) is 9.95. The summed E-state index contributed by atoms with van der Waals surface area (Å²) >= 11 is 3.50. The standard InChI is InChI=1S/C22H24BrN3O4/c1-4-5-12-29-22(28)16-6-8-17(9-7-16)24-21(27)19-11-10-18(30-19)13-26-15(3)20(23)14(2)25-26/h6-11H,4-5,12-13H2,1-3H3,(H,24,27). The van der Waals surface area contributed by atoms with E-state index in [2.05, 4.69) is 26.3 Å². The van der Waals surface area contributed by atoms with E-state index >= 15 is 0 Å². The number of esters is 1. The Kier molecular flexibility index (Phi) is 7.10. The van der Waals surface area contributed by atoms with Gasteiger partial charge in [0.25, 0.3) is 5.91 Å². The minimum Gasteiger partial charge on any atom is -0.462 e. The van der Waals surface area contributed by atoms with Gasteiger partial charge in [-0.25, -0.2) is 4.79 Å². The molecule has 0 radical (unpaired) electrons. The highest BCUT2D eigenvalue weighted by Crippen LogP contribution is 2.21. The van der Waals surface area contributed by atoms with E-state index in [9.17, 15) is 9.59 Å². The van der Waals surface area contributed by atoms with E-state index < -0.39 is 0 Å². The van der Waals surface area contributed by atoms with Crippen LogP contribution in [0.5, 0.6) is 0 Å². The third-order valence-electron chi connectivity index (χ3n) is 4.59. The maximum Gasteiger partial charge on any atom is 0.338 e. The zero-order valence-corrected chi connectivity index (χ0v) is 18.8. The molecule has 158 valence electrons. The number of rotatable bonds is 8. The third kappa shape index (κ3) is 5.18. The molecule has 8 heteroatoms. The molecule has 3 rings (SSSR count). The molecule has 7 nitrogen and oxygen atoms in total. The van der Waals surface area contributed by atoms with Gasteiger partial charge in [0.05, 0.1) is 34.6 Å². The summed E-state index contributed by atoms with van der Waals surface area (Å²) < 4.78 is 13.6. The predicted octanol–water partition coefficient (Wildman–Crippen LogP) is 5.11. The van der Waals surface area contributed by atoms with Gasteiger partial charge < -0.3 is 14.5 Å². The molecule has 0 atom stereocenters. The third-order valence-corrected chi connectivity index (χ3v) is 5.74. The number of unbranched alkanes of at least 4 members (excludes halogenated alkanes) is 1. The Hall–Kier alpha value is -2.87. The van der Waals surface area contributed by atoms with E-state index in [1.807, 2.05) is 25.5 Å². The molecule has 0 bridgehead atoms. The van der Waals surface area contributed by atoms with Gasteiger partial charge in [0.1, 0.15) is 5.76 Å². The maximum absolute atomic E-state index is 12.5. The lowest BCUT2D eigenvalue weighted by molar-refractivity contribution is 0.0499. The number of nitrogens with zero attached hydrogens (tertiary/aromatic N) is 2. The largest absolute Gasteiger partial charge is 0.462 e. The van der Waals surface area contributed by atoms with Crippen LogP contribution in [0.15, 0.2) is 45.3 Å². The molecular weight excluding hydrogens is 450 g/mol. The number of furan rings is 1.